The first-order chi connectivity index (χ1) is 9.06. The van der Waals surface area contributed by atoms with Crippen molar-refractivity contribution in [3.8, 4) is 5.75 Å². The Labute approximate surface area is 118 Å². The highest BCUT2D eigenvalue weighted by atomic mass is 16.5. The highest BCUT2D eigenvalue weighted by molar-refractivity contribution is 5.29. The van der Waals surface area contributed by atoms with E-state index in [1.807, 2.05) is 0 Å². The first kappa shape index (κ1) is 16.0. The molecule has 0 spiro atoms. The Kier molecular flexibility index (Phi) is 6.93. The molecule has 0 radical (unpaired) electrons. The Morgan fingerprint density at radius 1 is 1.05 bits per heavy atom. The van der Waals surface area contributed by atoms with Gasteiger partial charge in [0, 0.05) is 6.04 Å². The lowest BCUT2D eigenvalue weighted by molar-refractivity contribution is 0.196. The average Bonchev–Trinajstić information content (AvgIpc) is 2.38. The predicted molar refractivity (Wildman–Crippen MR) is 83.0 cm³/mol. The van der Waals surface area contributed by atoms with Crippen LogP contribution in [0.5, 0.6) is 5.75 Å². The fourth-order valence-corrected chi connectivity index (χ4v) is 2.32. The Balaban J connectivity index is 2.48. The van der Waals surface area contributed by atoms with Gasteiger partial charge in [-0.25, -0.2) is 0 Å². The summed E-state index contributed by atoms with van der Waals surface area (Å²) in [6.07, 6.45) is 2.45. The van der Waals surface area contributed by atoms with Gasteiger partial charge in [0.15, 0.2) is 0 Å². The molecule has 1 aromatic carbocycles. The molecule has 2 nitrogen and oxygen atoms in total. The predicted octanol–water partition coefficient (Wildman–Crippen LogP) is 4.36. The van der Waals surface area contributed by atoms with Crippen LogP contribution in [-0.2, 0) is 0 Å². The van der Waals surface area contributed by atoms with Crippen molar-refractivity contribution in [1.29, 1.82) is 0 Å². The molecule has 2 heteroatoms. The van der Waals surface area contributed by atoms with Crippen molar-refractivity contribution in [2.45, 2.75) is 65.5 Å². The van der Waals surface area contributed by atoms with Gasteiger partial charge in [-0.2, -0.15) is 0 Å². The van der Waals surface area contributed by atoms with Gasteiger partial charge >= 0.3 is 0 Å². The van der Waals surface area contributed by atoms with Crippen molar-refractivity contribution >= 4 is 0 Å². The number of hydrogen-bond acceptors (Lipinski definition) is 2. The molecule has 0 saturated carbocycles. The van der Waals surface area contributed by atoms with Crippen LogP contribution in [0.1, 0.15) is 58.9 Å². The molecule has 0 saturated heterocycles. The SMILES string of the molecule is CCNC(C)CC(C)Oc1ccc(C(C)CC)cc1. The van der Waals surface area contributed by atoms with E-state index >= 15 is 0 Å². The molecule has 0 aliphatic carbocycles. The van der Waals surface area contributed by atoms with Gasteiger partial charge in [-0.3, -0.25) is 0 Å². The van der Waals surface area contributed by atoms with Gasteiger partial charge < -0.3 is 10.1 Å². The quantitative estimate of drug-likeness (QED) is 0.752. The second kappa shape index (κ2) is 8.21. The third kappa shape index (κ3) is 5.65. The summed E-state index contributed by atoms with van der Waals surface area (Å²) in [7, 11) is 0. The molecule has 108 valence electrons. The Morgan fingerprint density at radius 2 is 1.68 bits per heavy atom. The molecule has 1 aromatic rings. The van der Waals surface area contributed by atoms with E-state index in [-0.39, 0.29) is 6.10 Å². The first-order valence-corrected chi connectivity index (χ1v) is 7.56. The van der Waals surface area contributed by atoms with Crippen molar-refractivity contribution in [2.75, 3.05) is 6.54 Å². The van der Waals surface area contributed by atoms with Crippen LogP contribution < -0.4 is 10.1 Å². The molecule has 3 unspecified atom stereocenters. The number of nitrogens with one attached hydrogen (secondary N) is 1. The van der Waals surface area contributed by atoms with Crippen LogP contribution in [0.15, 0.2) is 24.3 Å². The van der Waals surface area contributed by atoms with E-state index in [1.54, 1.807) is 0 Å². The fraction of sp³-hybridized carbons (Fsp3) is 0.647. The maximum Gasteiger partial charge on any atom is 0.119 e. The molecule has 1 N–H and O–H groups in total. The van der Waals surface area contributed by atoms with Gasteiger partial charge in [0.1, 0.15) is 5.75 Å². The molecule has 0 aliphatic rings. The van der Waals surface area contributed by atoms with Crippen molar-refractivity contribution in [2.24, 2.45) is 0 Å². The molecular formula is C17H29NO. The molecule has 0 aliphatic heterocycles. The maximum absolute atomic E-state index is 5.96. The van der Waals surface area contributed by atoms with Crippen molar-refractivity contribution in [1.82, 2.24) is 5.32 Å². The Bertz CT molecular complexity index is 347. The minimum atomic E-state index is 0.239. The van der Waals surface area contributed by atoms with Gasteiger partial charge in [0.2, 0.25) is 0 Å². The summed E-state index contributed by atoms with van der Waals surface area (Å²) >= 11 is 0. The summed E-state index contributed by atoms with van der Waals surface area (Å²) in [5.74, 6) is 1.60. The first-order valence-electron chi connectivity index (χ1n) is 7.56. The van der Waals surface area contributed by atoms with E-state index in [0.29, 0.717) is 12.0 Å². The zero-order valence-electron chi connectivity index (χ0n) is 13.1. The summed E-state index contributed by atoms with van der Waals surface area (Å²) in [6, 6.07) is 9.05. The second-order valence-corrected chi connectivity index (χ2v) is 5.50. The zero-order chi connectivity index (χ0) is 14.3. The number of benzene rings is 1. The largest absolute Gasteiger partial charge is 0.491 e. The standard InChI is InChI=1S/C17H29NO/c1-6-13(3)16-8-10-17(11-9-16)19-15(5)12-14(4)18-7-2/h8-11,13-15,18H,6-7,12H2,1-5H3. The molecule has 0 bridgehead atoms. The van der Waals surface area contributed by atoms with E-state index < -0.39 is 0 Å². The highest BCUT2D eigenvalue weighted by Crippen LogP contribution is 2.22. The molecule has 0 fully saturated rings. The maximum atomic E-state index is 5.96. The van der Waals surface area contributed by atoms with E-state index in [0.717, 1.165) is 18.7 Å². The van der Waals surface area contributed by atoms with Crippen molar-refractivity contribution < 1.29 is 4.74 Å². The van der Waals surface area contributed by atoms with E-state index in [1.165, 1.54) is 12.0 Å². The van der Waals surface area contributed by atoms with E-state index in [4.69, 9.17) is 4.74 Å². The molecule has 3 atom stereocenters. The third-order valence-electron chi connectivity index (χ3n) is 3.64. The fourth-order valence-electron chi connectivity index (χ4n) is 2.32. The number of ether oxygens (including phenoxy) is 1. The van der Waals surface area contributed by atoms with Crippen LogP contribution >= 0.6 is 0 Å². The lowest BCUT2D eigenvalue weighted by Crippen LogP contribution is -2.30. The summed E-state index contributed by atoms with van der Waals surface area (Å²) in [6.45, 7) is 12.0. The summed E-state index contributed by atoms with van der Waals surface area (Å²) in [4.78, 5) is 0. The second-order valence-electron chi connectivity index (χ2n) is 5.50. The Morgan fingerprint density at radius 3 is 2.21 bits per heavy atom. The third-order valence-corrected chi connectivity index (χ3v) is 3.64. The number of rotatable bonds is 8. The molecule has 19 heavy (non-hydrogen) atoms. The van der Waals surface area contributed by atoms with Gasteiger partial charge in [0.05, 0.1) is 6.10 Å². The summed E-state index contributed by atoms with van der Waals surface area (Å²) in [5, 5.41) is 3.41. The van der Waals surface area contributed by atoms with Gasteiger partial charge in [-0.15, -0.1) is 0 Å². The van der Waals surface area contributed by atoms with Gasteiger partial charge in [0.25, 0.3) is 0 Å². The zero-order valence-corrected chi connectivity index (χ0v) is 13.1. The summed E-state index contributed by atoms with van der Waals surface area (Å²) < 4.78 is 5.96. The van der Waals surface area contributed by atoms with Crippen LogP contribution in [0.4, 0.5) is 0 Å². The minimum absolute atomic E-state index is 0.239. The normalized spacial score (nSPS) is 15.8. The van der Waals surface area contributed by atoms with Crippen LogP contribution in [0.25, 0.3) is 0 Å². The Hall–Kier alpha value is -1.02. The topological polar surface area (TPSA) is 21.3 Å². The molecule has 1 rings (SSSR count). The highest BCUT2D eigenvalue weighted by Gasteiger charge is 2.09. The molecule has 0 heterocycles. The van der Waals surface area contributed by atoms with Crippen LogP contribution in [0, 0.1) is 0 Å². The molecular weight excluding hydrogens is 234 g/mol. The minimum Gasteiger partial charge on any atom is -0.491 e. The lowest BCUT2D eigenvalue weighted by Gasteiger charge is -2.20. The molecule has 0 amide bonds. The average molecular weight is 263 g/mol. The van der Waals surface area contributed by atoms with E-state index in [2.05, 4.69) is 64.2 Å². The van der Waals surface area contributed by atoms with Crippen LogP contribution in [0.3, 0.4) is 0 Å². The van der Waals surface area contributed by atoms with E-state index in [9.17, 15) is 0 Å². The number of hydrogen-bond donors (Lipinski definition) is 1. The summed E-state index contributed by atoms with van der Waals surface area (Å²) in [5.41, 5.74) is 1.39. The van der Waals surface area contributed by atoms with Gasteiger partial charge in [-0.05, 0) is 56.8 Å². The van der Waals surface area contributed by atoms with Crippen molar-refractivity contribution in [3.05, 3.63) is 29.8 Å². The van der Waals surface area contributed by atoms with Crippen molar-refractivity contribution in [3.63, 3.8) is 0 Å². The van der Waals surface area contributed by atoms with Gasteiger partial charge in [-0.1, -0.05) is 32.9 Å². The molecule has 0 aromatic heterocycles. The van der Waals surface area contributed by atoms with Crippen LogP contribution in [0.2, 0.25) is 0 Å². The van der Waals surface area contributed by atoms with Crippen LogP contribution in [-0.4, -0.2) is 18.7 Å². The monoisotopic (exact) mass is 263 g/mol. The lowest BCUT2D eigenvalue weighted by atomic mass is 9.99. The smallest absolute Gasteiger partial charge is 0.119 e.